The lowest BCUT2D eigenvalue weighted by molar-refractivity contribution is -0.143. The molecule has 16 amide bonds. The van der Waals surface area contributed by atoms with Crippen LogP contribution in [0.1, 0.15) is 143 Å². The Morgan fingerprint density at radius 3 is 0.872 bits per heavy atom. The molecule has 0 aromatic heterocycles. The number of phenols is 2. The van der Waals surface area contributed by atoms with E-state index in [1.807, 2.05) is 16.0 Å². The van der Waals surface area contributed by atoms with Crippen molar-refractivity contribution in [2.75, 3.05) is 51.0 Å². The van der Waals surface area contributed by atoms with Crippen molar-refractivity contribution in [3.05, 3.63) is 59.7 Å². The predicted molar refractivity (Wildman–Crippen MR) is 482 cm³/mol. The lowest BCUT2D eigenvalue weighted by atomic mass is 9.99. The third-order valence-electron chi connectivity index (χ3n) is 19.8. The van der Waals surface area contributed by atoms with Crippen LogP contribution in [0.5, 0.6) is 11.5 Å². The highest BCUT2D eigenvalue weighted by molar-refractivity contribution is 7.80. The van der Waals surface area contributed by atoms with Crippen molar-refractivity contribution < 1.29 is 132 Å². The smallest absolute Gasteiger partial charge is 0.328 e. The number of benzene rings is 2. The highest BCUT2D eigenvalue weighted by Crippen LogP contribution is 2.18. The van der Waals surface area contributed by atoms with Crippen molar-refractivity contribution in [3.8, 4) is 11.5 Å². The summed E-state index contributed by atoms with van der Waals surface area (Å²) in [7, 11) is 0. The maximum absolute atomic E-state index is 14.7. The standard InChI is InChI=1S/C81H131N23O27S2/c1-39(2)26-49(68(118)90-46(12-7-9-23-82)65(115)89-47(13-8-10-24-83)66(116)94-51(29-42-15-19-44(108)20-16-42)70(120)91-48(14-11-25-88-81(85)86)67(117)101-59(36-107)80(130)131)92-69(119)50(27-40(3)4)93-78(128)60(37-132)103-72(122)53(31-62(84)110)96-76(126)57(34-105)100-77(127)58(35-106)99-74(124)55(33-64(113)114)97-73(123)54(32-63(111)112)98-79(129)61(38-133)102-71(121)52(30-43-17-21-45(109)22-18-43)95-75(125)56(104-87)28-41(5)6/h15-22,39-41,46-61,104-109,132-133H,7-14,23-38,82-83,87H2,1-6H3,(H2,84,110)(H,89,115)(H,90,118)(H,91,120)(H,92,119)(H,93,128)(H,94,116)(H,95,125)(H,96,126)(H,97,123)(H,98,129)(H,99,124)(H,100,127)(H,101,117)(H,102,121)(H,103,122)(H,111,112)(H,113,114)(H,130,131)(H4,85,86,88)/t46?,47-,48-,49-,50?,51?,52?,53?,54?,55-,56-,57-,58?,59?,60-,61-/m0/s1. The lowest BCUT2D eigenvalue weighted by Gasteiger charge is -2.29. The Morgan fingerprint density at radius 2 is 0.579 bits per heavy atom. The van der Waals surface area contributed by atoms with E-state index in [2.05, 4.69) is 99.8 Å². The van der Waals surface area contributed by atoms with Gasteiger partial charge in [0.05, 0.1) is 45.1 Å². The maximum Gasteiger partial charge on any atom is 0.328 e. The van der Waals surface area contributed by atoms with Crippen molar-refractivity contribution >= 4 is 144 Å². The Labute approximate surface area is 777 Å². The van der Waals surface area contributed by atoms with E-state index in [-0.39, 0.29) is 114 Å². The van der Waals surface area contributed by atoms with E-state index in [1.54, 1.807) is 41.5 Å². The van der Waals surface area contributed by atoms with Gasteiger partial charge in [0.25, 0.3) is 0 Å². The van der Waals surface area contributed by atoms with E-state index < -0.39 is 272 Å². The third-order valence-corrected chi connectivity index (χ3v) is 20.6. The first-order valence-electron chi connectivity index (χ1n) is 42.7. The van der Waals surface area contributed by atoms with Crippen LogP contribution in [-0.4, -0.2) is 307 Å². The van der Waals surface area contributed by atoms with Crippen LogP contribution >= 0.6 is 25.3 Å². The number of nitrogens with two attached hydrogens (primary N) is 5. The number of aliphatic hydroxyl groups excluding tert-OH is 3. The second-order valence-corrected chi connectivity index (χ2v) is 33.2. The van der Waals surface area contributed by atoms with Gasteiger partial charge in [0.15, 0.2) is 5.96 Å². The maximum atomic E-state index is 14.7. The number of thiol groups is 2. The number of hydrogen-bond acceptors (Lipinski definition) is 31. The van der Waals surface area contributed by atoms with E-state index in [0.717, 1.165) is 0 Å². The number of guanidine groups is 1. The van der Waals surface area contributed by atoms with Gasteiger partial charge in [-0.2, -0.15) is 25.3 Å². The number of primary amides is 1. The molecule has 0 bridgehead atoms. The summed E-state index contributed by atoms with van der Waals surface area (Å²) in [5.74, 6) is -20.8. The summed E-state index contributed by atoms with van der Waals surface area (Å²) in [4.78, 5) is 260. The summed E-state index contributed by atoms with van der Waals surface area (Å²) in [6, 6.07) is -16.7. The number of carboxylic acid groups (broad SMARTS) is 3. The Bertz CT molecular complexity index is 4240. The van der Waals surface area contributed by atoms with Gasteiger partial charge in [-0.3, -0.25) is 97.6 Å². The number of carboxylic acids is 3. The van der Waals surface area contributed by atoms with Crippen LogP contribution in [0.15, 0.2) is 48.5 Å². The van der Waals surface area contributed by atoms with E-state index in [0.29, 0.717) is 24.0 Å². The van der Waals surface area contributed by atoms with E-state index in [1.165, 1.54) is 48.5 Å². The van der Waals surface area contributed by atoms with E-state index in [4.69, 9.17) is 34.2 Å². The van der Waals surface area contributed by atoms with Gasteiger partial charge in [-0.15, -0.1) is 0 Å². The van der Waals surface area contributed by atoms with Gasteiger partial charge in [0.1, 0.15) is 102 Å². The SMILES string of the molecule is CC(C)CC(NC(=O)[C@H](CS)NC(=O)C(CC(N)=O)NC(=O)[C@H](CO)NC(=O)C(CO)NC(=O)[C@H](CC(=O)O)NC(=O)C(CC(=O)O)NC(=O)[C@H](CS)NC(=O)C(Cc1ccc(O)cc1)NC(=O)[C@H](CC(C)C)NN)C(=O)N[C@@H](CC(C)C)C(=O)NC(CCCCN)C(=O)N[C@@H](CCCCN)C(=O)NC(Cc1ccc(O)cc1)C(=O)N[C@@H](CCCNC(=N)N)C(=O)NC(CO)C(=O)O. The summed E-state index contributed by atoms with van der Waals surface area (Å²) >= 11 is 8.33. The fourth-order valence-electron chi connectivity index (χ4n) is 12.8. The number of aliphatic carboxylic acids is 3. The molecule has 16 atom stereocenters. The number of aliphatic hydroxyl groups is 3. The molecule has 0 saturated carbocycles. The number of hydrazine groups is 1. The van der Waals surface area contributed by atoms with Gasteiger partial charge in [0.2, 0.25) is 94.5 Å². The molecule has 133 heavy (non-hydrogen) atoms. The fraction of sp³-hybridized carbons (Fsp3) is 0.605. The van der Waals surface area contributed by atoms with Gasteiger partial charge in [-0.05, 0) is 137 Å². The van der Waals surface area contributed by atoms with E-state index >= 15 is 0 Å². The zero-order chi connectivity index (χ0) is 100. The molecule has 2 rings (SSSR count). The quantitative estimate of drug-likeness (QED) is 0.00730. The summed E-state index contributed by atoms with van der Waals surface area (Å²) in [6.07, 6.45) is -3.51. The number of aromatic hydroxyl groups is 2. The van der Waals surface area contributed by atoms with Crippen LogP contribution in [0.3, 0.4) is 0 Å². The Hall–Kier alpha value is -12.3. The number of unbranched alkanes of at least 4 members (excludes halogenated alkanes) is 2. The van der Waals surface area contributed by atoms with Gasteiger partial charge >= 0.3 is 17.9 Å². The van der Waals surface area contributed by atoms with Gasteiger partial charge in [-0.1, -0.05) is 65.8 Å². The highest BCUT2D eigenvalue weighted by atomic mass is 32.1. The molecule has 36 N–H and O–H groups in total. The molecule has 0 radical (unpaired) electrons. The van der Waals surface area contributed by atoms with Crippen molar-refractivity contribution in [1.82, 2.24) is 90.5 Å². The number of hydrogen-bond donors (Lipinski definition) is 33. The number of nitrogens with one attached hydrogen (secondary N) is 18. The van der Waals surface area contributed by atoms with Crippen LogP contribution in [-0.2, 0) is 104 Å². The molecule has 0 aliphatic carbocycles. The Morgan fingerprint density at radius 1 is 0.331 bits per heavy atom. The molecule has 0 saturated heterocycles. The zero-order valence-electron chi connectivity index (χ0n) is 74.7. The number of phenolic OH excluding ortho intramolecular Hbond substituents is 2. The molecule has 8 unspecified atom stereocenters. The first-order chi connectivity index (χ1) is 62.7. The molecule has 0 fully saturated rings. The van der Waals surface area contributed by atoms with Gasteiger partial charge < -0.3 is 149 Å². The minimum atomic E-state index is -2.28. The average Bonchev–Trinajstić information content (AvgIpc) is 0.854. The molecule has 52 heteroatoms. The second kappa shape index (κ2) is 61.4. The van der Waals surface area contributed by atoms with Crippen LogP contribution in [0.25, 0.3) is 0 Å². The summed E-state index contributed by atoms with van der Waals surface area (Å²) in [5, 5.41) is 125. The average molecular weight is 1920 g/mol. The number of carbonyl (C=O) groups excluding carboxylic acids is 16. The molecule has 50 nitrogen and oxygen atoms in total. The minimum absolute atomic E-state index is 0.0161. The lowest BCUT2D eigenvalue weighted by Crippen LogP contribution is -2.62. The largest absolute Gasteiger partial charge is 0.508 e. The van der Waals surface area contributed by atoms with Crippen molar-refractivity contribution in [3.63, 3.8) is 0 Å². The number of rotatable bonds is 65. The first-order valence-corrected chi connectivity index (χ1v) is 44.0. The Balaban J connectivity index is 2.44. The molecule has 0 heterocycles. The molecule has 0 aliphatic heterocycles. The fourth-order valence-corrected chi connectivity index (χ4v) is 13.3. The summed E-state index contributed by atoms with van der Waals surface area (Å²) in [6.45, 7) is 6.85. The third kappa shape index (κ3) is 44.6. The van der Waals surface area contributed by atoms with Crippen molar-refractivity contribution in [2.24, 2.45) is 46.5 Å². The van der Waals surface area contributed by atoms with Crippen LogP contribution in [0, 0.1) is 23.2 Å². The molecular formula is C81H131N23O27S2. The van der Waals surface area contributed by atoms with Crippen LogP contribution in [0.2, 0.25) is 0 Å². The second-order valence-electron chi connectivity index (χ2n) is 32.4. The molecular weight excluding hydrogens is 1790 g/mol. The van der Waals surface area contributed by atoms with E-state index in [9.17, 15) is 132 Å². The number of carbonyl (C=O) groups is 19. The predicted octanol–water partition coefficient (Wildman–Crippen LogP) is -9.61. The molecule has 2 aromatic carbocycles. The van der Waals surface area contributed by atoms with Crippen LogP contribution in [0.4, 0.5) is 0 Å². The first kappa shape index (κ1) is 117. The molecule has 744 valence electrons. The zero-order valence-corrected chi connectivity index (χ0v) is 76.5. The van der Waals surface area contributed by atoms with Gasteiger partial charge in [0, 0.05) is 30.9 Å². The molecule has 0 aliphatic rings. The van der Waals surface area contributed by atoms with Crippen molar-refractivity contribution in [1.29, 1.82) is 5.41 Å². The summed E-state index contributed by atoms with van der Waals surface area (Å²) < 4.78 is 0. The number of amides is 16. The highest BCUT2D eigenvalue weighted by Gasteiger charge is 2.40. The van der Waals surface area contributed by atoms with Gasteiger partial charge in [-0.25, -0.2) is 10.2 Å². The normalized spacial score (nSPS) is 14.8. The Kier molecular flexibility index (Phi) is 53.9. The summed E-state index contributed by atoms with van der Waals surface area (Å²) in [5.41, 5.74) is 25.7. The topological polar surface area (TPSA) is 845 Å². The monoisotopic (exact) mass is 1920 g/mol. The minimum Gasteiger partial charge on any atom is -0.508 e. The molecule has 2 aromatic rings. The van der Waals surface area contributed by atoms with Crippen LogP contribution < -0.4 is 119 Å². The van der Waals surface area contributed by atoms with Crippen molar-refractivity contribution in [2.45, 2.75) is 241 Å². The molecule has 0 spiro atoms.